The summed E-state index contributed by atoms with van der Waals surface area (Å²) in [5, 5.41) is 12.4. The van der Waals surface area contributed by atoms with Crippen LogP contribution in [0, 0.1) is 0 Å². The Morgan fingerprint density at radius 2 is 2.06 bits per heavy atom. The molecule has 18 heavy (non-hydrogen) atoms. The van der Waals surface area contributed by atoms with Gasteiger partial charge in [-0.15, -0.1) is 0 Å². The lowest BCUT2D eigenvalue weighted by Gasteiger charge is -2.04. The second-order valence-corrected chi connectivity index (χ2v) is 5.57. The van der Waals surface area contributed by atoms with Gasteiger partial charge in [-0.1, -0.05) is 17.7 Å². The van der Waals surface area contributed by atoms with E-state index in [0.29, 0.717) is 4.09 Å². The fourth-order valence-corrected chi connectivity index (χ4v) is 2.70. The first-order valence-corrected chi connectivity index (χ1v) is 6.53. The summed E-state index contributed by atoms with van der Waals surface area (Å²) in [6, 6.07) is 6.73. The number of carboxylic acid groups (broad SMARTS) is 1. The number of carbonyl (C=O) groups is 1. The highest BCUT2D eigenvalue weighted by Gasteiger charge is 2.19. The second-order valence-electron chi connectivity index (χ2n) is 3.34. The molecule has 2 aromatic rings. The maximum absolute atomic E-state index is 12.1. The summed E-state index contributed by atoms with van der Waals surface area (Å²) >= 11 is 5.71. The molecule has 0 spiro atoms. The highest BCUT2D eigenvalue weighted by Crippen LogP contribution is 2.17. The first kappa shape index (κ1) is 12.6. The molecule has 0 saturated carbocycles. The molecule has 1 heterocycles. The molecule has 0 radical (unpaired) electrons. The van der Waals surface area contributed by atoms with E-state index in [1.165, 1.54) is 24.3 Å². The van der Waals surface area contributed by atoms with E-state index < -0.39 is 16.0 Å². The van der Waals surface area contributed by atoms with Crippen molar-refractivity contribution in [3.63, 3.8) is 0 Å². The average molecular weight is 287 g/mol. The van der Waals surface area contributed by atoms with Crippen LogP contribution in [0.2, 0.25) is 5.02 Å². The number of aromatic nitrogens is 2. The molecule has 0 amide bonds. The quantitative estimate of drug-likeness (QED) is 0.923. The molecule has 0 saturated heterocycles. The summed E-state index contributed by atoms with van der Waals surface area (Å²) in [6.45, 7) is 0. The lowest BCUT2D eigenvalue weighted by Crippen LogP contribution is -2.14. The summed E-state index contributed by atoms with van der Waals surface area (Å²) < 4.78 is 24.7. The Morgan fingerprint density at radius 3 is 2.61 bits per heavy atom. The number of aromatic carboxylic acids is 1. The van der Waals surface area contributed by atoms with Crippen LogP contribution in [0.4, 0.5) is 0 Å². The Balaban J connectivity index is 2.51. The molecule has 1 N–H and O–H groups in total. The first-order chi connectivity index (χ1) is 8.41. The molecule has 1 aromatic heterocycles. The third kappa shape index (κ3) is 2.22. The van der Waals surface area contributed by atoms with Gasteiger partial charge in [-0.25, -0.2) is 4.79 Å². The van der Waals surface area contributed by atoms with E-state index in [2.05, 4.69) is 5.10 Å². The zero-order chi connectivity index (χ0) is 13.3. The number of hydrogen-bond acceptors (Lipinski definition) is 4. The number of rotatable bonds is 3. The Kier molecular flexibility index (Phi) is 3.10. The molecule has 94 valence electrons. The van der Waals surface area contributed by atoms with Gasteiger partial charge in [-0.05, 0) is 24.3 Å². The van der Waals surface area contributed by atoms with Crippen molar-refractivity contribution in [3.05, 3.63) is 47.2 Å². The maximum Gasteiger partial charge on any atom is 0.356 e. The van der Waals surface area contributed by atoms with Gasteiger partial charge < -0.3 is 5.11 Å². The molecule has 0 atom stereocenters. The largest absolute Gasteiger partial charge is 0.476 e. The monoisotopic (exact) mass is 286 g/mol. The van der Waals surface area contributed by atoms with Crippen molar-refractivity contribution in [2.45, 2.75) is 4.90 Å². The lowest BCUT2D eigenvalue weighted by molar-refractivity contribution is 0.0690. The van der Waals surface area contributed by atoms with Gasteiger partial charge in [-0.3, -0.25) is 0 Å². The smallest absolute Gasteiger partial charge is 0.356 e. The summed E-state index contributed by atoms with van der Waals surface area (Å²) in [5.41, 5.74) is -0.347. The van der Waals surface area contributed by atoms with Crippen molar-refractivity contribution in [3.8, 4) is 0 Å². The van der Waals surface area contributed by atoms with Crippen LogP contribution >= 0.6 is 11.6 Å². The van der Waals surface area contributed by atoms with Crippen molar-refractivity contribution < 1.29 is 18.3 Å². The number of carboxylic acids is 1. The van der Waals surface area contributed by atoms with E-state index in [9.17, 15) is 13.2 Å². The van der Waals surface area contributed by atoms with Gasteiger partial charge in [0.05, 0.1) is 4.90 Å². The predicted octanol–water partition coefficient (Wildman–Crippen LogP) is 1.47. The molecule has 0 bridgehead atoms. The van der Waals surface area contributed by atoms with E-state index in [4.69, 9.17) is 16.7 Å². The lowest BCUT2D eigenvalue weighted by atomic mass is 10.4. The highest BCUT2D eigenvalue weighted by atomic mass is 35.5. The van der Waals surface area contributed by atoms with Crippen LogP contribution in [-0.2, 0) is 10.0 Å². The minimum Gasteiger partial charge on any atom is -0.476 e. The van der Waals surface area contributed by atoms with Crippen LogP contribution in [-0.4, -0.2) is 28.7 Å². The van der Waals surface area contributed by atoms with E-state index in [-0.39, 0.29) is 15.6 Å². The topological polar surface area (TPSA) is 89.3 Å². The fraction of sp³-hybridized carbons (Fsp3) is 0. The van der Waals surface area contributed by atoms with Crippen molar-refractivity contribution >= 4 is 27.6 Å². The molecule has 1 aromatic carbocycles. The summed E-state index contributed by atoms with van der Waals surface area (Å²) in [6.07, 6.45) is 1.07. The normalized spacial score (nSPS) is 11.4. The molecule has 0 aliphatic carbocycles. The Hall–Kier alpha value is -1.86. The first-order valence-electron chi connectivity index (χ1n) is 4.71. The van der Waals surface area contributed by atoms with Gasteiger partial charge in [0.25, 0.3) is 10.0 Å². The van der Waals surface area contributed by atoms with Gasteiger partial charge in [0.1, 0.15) is 0 Å². The van der Waals surface area contributed by atoms with Gasteiger partial charge in [0.15, 0.2) is 5.69 Å². The summed E-state index contributed by atoms with van der Waals surface area (Å²) in [5.74, 6) is -1.30. The van der Waals surface area contributed by atoms with E-state index in [1.54, 1.807) is 0 Å². The average Bonchev–Trinajstić information content (AvgIpc) is 2.79. The second kappa shape index (κ2) is 4.43. The van der Waals surface area contributed by atoms with Gasteiger partial charge in [0.2, 0.25) is 0 Å². The third-order valence-electron chi connectivity index (χ3n) is 2.13. The van der Waals surface area contributed by atoms with Crippen molar-refractivity contribution in [1.82, 2.24) is 9.19 Å². The van der Waals surface area contributed by atoms with Crippen molar-refractivity contribution in [2.75, 3.05) is 0 Å². The SMILES string of the molecule is O=C(O)c1ccn(S(=O)(=O)c2cccc(Cl)c2)n1. The summed E-state index contributed by atoms with van der Waals surface area (Å²) in [4.78, 5) is 10.6. The van der Waals surface area contributed by atoms with Crippen molar-refractivity contribution in [1.29, 1.82) is 0 Å². The van der Waals surface area contributed by atoms with Gasteiger partial charge in [0, 0.05) is 11.2 Å². The number of hydrogen-bond donors (Lipinski definition) is 1. The molecule has 6 nitrogen and oxygen atoms in total. The number of nitrogens with zero attached hydrogens (tertiary/aromatic N) is 2. The molecule has 8 heteroatoms. The standard InChI is InChI=1S/C10H7ClN2O4S/c11-7-2-1-3-8(6-7)18(16,17)13-5-4-9(12-13)10(14)15/h1-6H,(H,14,15). The molecular formula is C10H7ClN2O4S. The predicted molar refractivity (Wildman–Crippen MR) is 63.2 cm³/mol. The van der Waals surface area contributed by atoms with Crippen LogP contribution in [0.25, 0.3) is 0 Å². The van der Waals surface area contributed by atoms with Crippen LogP contribution < -0.4 is 0 Å². The van der Waals surface area contributed by atoms with E-state index in [1.807, 2.05) is 0 Å². The number of benzene rings is 1. The van der Waals surface area contributed by atoms with Crippen molar-refractivity contribution in [2.24, 2.45) is 0 Å². The van der Waals surface area contributed by atoms with Crippen LogP contribution in [0.15, 0.2) is 41.4 Å². The maximum atomic E-state index is 12.1. The fourth-order valence-electron chi connectivity index (χ4n) is 1.29. The molecular weight excluding hydrogens is 280 g/mol. The zero-order valence-corrected chi connectivity index (χ0v) is 10.4. The Morgan fingerprint density at radius 1 is 1.33 bits per heavy atom. The Bertz CT molecular complexity index is 708. The van der Waals surface area contributed by atoms with Crippen LogP contribution in [0.1, 0.15) is 10.5 Å². The molecule has 0 aliphatic rings. The van der Waals surface area contributed by atoms with Crippen LogP contribution in [0.3, 0.4) is 0 Å². The molecule has 0 fully saturated rings. The van der Waals surface area contributed by atoms with E-state index in [0.717, 1.165) is 12.3 Å². The van der Waals surface area contributed by atoms with Gasteiger partial charge in [-0.2, -0.15) is 17.6 Å². The minimum atomic E-state index is -3.92. The third-order valence-corrected chi connectivity index (χ3v) is 3.91. The Labute approximate surface area is 107 Å². The molecule has 0 aliphatic heterocycles. The van der Waals surface area contributed by atoms with Gasteiger partial charge >= 0.3 is 5.97 Å². The highest BCUT2D eigenvalue weighted by molar-refractivity contribution is 7.89. The molecule has 2 rings (SSSR count). The number of halogens is 1. The molecule has 0 unspecified atom stereocenters. The van der Waals surface area contributed by atoms with Crippen LogP contribution in [0.5, 0.6) is 0 Å². The zero-order valence-electron chi connectivity index (χ0n) is 8.82. The van der Waals surface area contributed by atoms with E-state index >= 15 is 0 Å². The summed E-state index contributed by atoms with van der Waals surface area (Å²) in [7, 11) is -3.92. The minimum absolute atomic E-state index is 0.0601.